The number of aryl methyl sites for hydroxylation is 1. The van der Waals surface area contributed by atoms with Crippen LogP contribution in [0.5, 0.6) is 5.75 Å². The zero-order valence-corrected chi connectivity index (χ0v) is 47.2. The first kappa shape index (κ1) is 58.1. The average Bonchev–Trinajstić information content (AvgIpc) is 4.30. The first-order chi connectivity index (χ1) is 38.6. The molecule has 17 heteroatoms. The standard InChI is InChI=1S/C63H80N3O13P/c1-62-29-28-48(67)37-46(62)23-26-49-55(62)50(68)38-63(2)56(49)58-59(78-61(77-58)43-18-9-6-10-19-43)57(63)52(70)40-76-60(71)42-20-24-47(25-21-42)66-32-31-65-54(66)36-45-35-44(22-27-53(45)79-80(72,73)74)51(69)39-64-30-12-3-4-13-33-75-34-14-11-17-41-15-7-5-8-16-41/h5,7-8,15-16,20-22,24-25,27-29,31-32,35,37,43,49-51,55-59,61,64,68-69H,3-4,6,9-14,17-19,23,26,30,33-34,36,38-40H2,1-2H3,(H2,72,73,74)/p+1/t49?,50?,51?,55?,56?,57-,58?,59+,61+,62-,63-/m0/s1. The Hall–Kier alpha value is -5.13. The maximum Gasteiger partial charge on any atom is 0.524 e. The summed E-state index contributed by atoms with van der Waals surface area (Å²) in [6.07, 6.45) is 20.5. The number of carbonyl (C=O) groups excluding carboxylic acids is 3. The SMILES string of the molecule is C[C@]12C=CC(=O)C=C1CCC1C2C(O)C[C@@]2(C)C1C1O[C@@H](C3CCCCC3)O[C@@H]1[C@@H]2C(=O)COC(=O)c1ccc(-[n+]2cc[nH]c2Cc2cc(C(O)CNCCCCCCOCCCCc3ccccc3)ccc2OP(=O)(O)O)cc1. The van der Waals surface area contributed by atoms with E-state index in [0.29, 0.717) is 29.1 Å². The van der Waals surface area contributed by atoms with Crippen LogP contribution in [0.2, 0.25) is 0 Å². The third kappa shape index (κ3) is 13.0. The highest BCUT2D eigenvalue weighted by atomic mass is 31.2. The number of unbranched alkanes of at least 4 members (excludes halogenated alkanes) is 4. The number of ketones is 2. The summed E-state index contributed by atoms with van der Waals surface area (Å²) in [5.41, 5.74) is 3.10. The highest BCUT2D eigenvalue weighted by molar-refractivity contribution is 7.46. The Morgan fingerprint density at radius 3 is 2.42 bits per heavy atom. The first-order valence-electron chi connectivity index (χ1n) is 29.3. The van der Waals surface area contributed by atoms with Gasteiger partial charge in [-0.15, -0.1) is 0 Å². The summed E-state index contributed by atoms with van der Waals surface area (Å²) >= 11 is 0. The minimum absolute atomic E-state index is 0.0105. The highest BCUT2D eigenvalue weighted by Crippen LogP contribution is 2.68. The molecule has 16 nitrogen and oxygen atoms in total. The lowest BCUT2D eigenvalue weighted by Gasteiger charge is -2.59. The molecule has 0 spiro atoms. The van der Waals surface area contributed by atoms with E-state index in [1.807, 2.05) is 16.7 Å². The number of imidazole rings is 1. The molecule has 6 unspecified atom stereocenters. The topological polar surface area (TPSA) is 227 Å². The van der Waals surface area contributed by atoms with Crippen LogP contribution in [-0.4, -0.2) is 100 Å². The second kappa shape index (κ2) is 25.6. The zero-order chi connectivity index (χ0) is 56.0. The largest absolute Gasteiger partial charge is 0.524 e. The summed E-state index contributed by atoms with van der Waals surface area (Å²) in [5.74, 6) is -1.05. The molecule has 80 heavy (non-hydrogen) atoms. The van der Waals surface area contributed by atoms with Gasteiger partial charge in [0.1, 0.15) is 23.8 Å². The summed E-state index contributed by atoms with van der Waals surface area (Å²) in [5, 5.41) is 26.7. The molecule has 6 N–H and O–H groups in total. The van der Waals surface area contributed by atoms with Gasteiger partial charge in [0.25, 0.3) is 5.82 Å². The van der Waals surface area contributed by atoms with E-state index in [2.05, 4.69) is 48.4 Å². The number of nitrogens with zero attached hydrogens (tertiary/aromatic N) is 1. The van der Waals surface area contributed by atoms with Crippen molar-refractivity contribution >= 4 is 25.4 Å². The van der Waals surface area contributed by atoms with Crippen molar-refractivity contribution in [2.24, 2.45) is 40.4 Å². The average molecular weight is 1120 g/mol. The summed E-state index contributed by atoms with van der Waals surface area (Å²) in [6, 6.07) is 22.0. The van der Waals surface area contributed by atoms with Crippen molar-refractivity contribution in [3.05, 3.63) is 137 Å². The van der Waals surface area contributed by atoms with Gasteiger partial charge in [0.05, 0.1) is 42.3 Å². The number of nitrogens with one attached hydrogen (secondary N) is 2. The Bertz CT molecular complexity index is 2900. The Morgan fingerprint density at radius 2 is 1.65 bits per heavy atom. The second-order valence-corrected chi connectivity index (χ2v) is 25.0. The van der Waals surface area contributed by atoms with Crippen LogP contribution in [-0.2, 0) is 45.9 Å². The van der Waals surface area contributed by atoms with Crippen molar-refractivity contribution in [3.63, 3.8) is 0 Å². The van der Waals surface area contributed by atoms with E-state index in [4.69, 9.17) is 23.5 Å². The summed E-state index contributed by atoms with van der Waals surface area (Å²) in [7, 11) is -4.94. The molecule has 430 valence electrons. The van der Waals surface area contributed by atoms with Crippen LogP contribution in [0.1, 0.15) is 143 Å². The maximum atomic E-state index is 14.7. The number of carbonyl (C=O) groups is 3. The molecule has 1 saturated heterocycles. The van der Waals surface area contributed by atoms with E-state index in [9.17, 15) is 38.9 Å². The number of phosphoric acid groups is 1. The number of hydrogen-bond acceptors (Lipinski definition) is 12. The lowest BCUT2D eigenvalue weighted by atomic mass is 9.46. The molecule has 0 amide bonds. The van der Waals surface area contributed by atoms with Gasteiger partial charge in [-0.1, -0.05) is 94.0 Å². The number of allylic oxidation sites excluding steroid dienone is 4. The van der Waals surface area contributed by atoms with Gasteiger partial charge < -0.3 is 39.0 Å². The molecule has 0 bridgehead atoms. The fraction of sp³-hybridized carbons (Fsp3) is 0.556. The third-order valence-corrected chi connectivity index (χ3v) is 19.0. The Morgan fingerprint density at radius 1 is 0.900 bits per heavy atom. The van der Waals surface area contributed by atoms with E-state index < -0.39 is 61.7 Å². The lowest BCUT2D eigenvalue weighted by molar-refractivity contribution is -0.602. The third-order valence-electron chi connectivity index (χ3n) is 18.6. The molecule has 5 fully saturated rings. The number of esters is 1. The number of rotatable bonds is 25. The molecule has 0 radical (unpaired) electrons. The van der Waals surface area contributed by atoms with Crippen LogP contribution in [0.15, 0.2) is 109 Å². The summed E-state index contributed by atoms with van der Waals surface area (Å²) < 4.78 is 44.5. The van der Waals surface area contributed by atoms with Gasteiger partial charge in [0.15, 0.2) is 24.5 Å². The van der Waals surface area contributed by atoms with Crippen LogP contribution in [0, 0.1) is 40.4 Å². The monoisotopic (exact) mass is 1120 g/mol. The van der Waals surface area contributed by atoms with Gasteiger partial charge in [-0.25, -0.2) is 14.3 Å². The van der Waals surface area contributed by atoms with Crippen LogP contribution in [0.4, 0.5) is 0 Å². The number of aliphatic hydroxyl groups is 2. The number of phosphoric ester groups is 1. The van der Waals surface area contributed by atoms with Gasteiger partial charge in [0, 0.05) is 42.6 Å². The van der Waals surface area contributed by atoms with Crippen LogP contribution in [0.3, 0.4) is 0 Å². The van der Waals surface area contributed by atoms with Crippen LogP contribution >= 0.6 is 7.82 Å². The normalized spacial score (nSPS) is 28.6. The van der Waals surface area contributed by atoms with E-state index in [-0.39, 0.29) is 65.6 Å². The predicted molar refractivity (Wildman–Crippen MR) is 298 cm³/mol. The number of ether oxygens (including phenoxy) is 4. The molecular formula is C63H81N3O13P+. The molecule has 4 aromatic rings. The number of benzene rings is 3. The number of Topliss-reactive ketones (excluding diaryl/α,β-unsaturated/α-hetero) is 1. The quantitative estimate of drug-likeness (QED) is 0.0158. The summed E-state index contributed by atoms with van der Waals surface area (Å²) in [4.78, 5) is 63.8. The molecule has 1 aliphatic heterocycles. The minimum atomic E-state index is -4.94. The Balaban J connectivity index is 0.739. The first-order valence-corrected chi connectivity index (χ1v) is 30.8. The van der Waals surface area contributed by atoms with Crippen molar-refractivity contribution in [1.29, 1.82) is 0 Å². The molecule has 5 aliphatic carbocycles. The van der Waals surface area contributed by atoms with Crippen molar-refractivity contribution in [2.45, 2.75) is 147 Å². The zero-order valence-electron chi connectivity index (χ0n) is 46.3. The minimum Gasteiger partial charge on any atom is -0.454 e. The van der Waals surface area contributed by atoms with E-state index >= 15 is 0 Å². The predicted octanol–water partition coefficient (Wildman–Crippen LogP) is 9.11. The van der Waals surface area contributed by atoms with Gasteiger partial charge >= 0.3 is 13.8 Å². The molecule has 4 saturated carbocycles. The van der Waals surface area contributed by atoms with Gasteiger partial charge in [0.2, 0.25) is 0 Å². The fourth-order valence-electron chi connectivity index (χ4n) is 14.8. The highest BCUT2D eigenvalue weighted by Gasteiger charge is 2.71. The Kier molecular flexibility index (Phi) is 18.6. The maximum absolute atomic E-state index is 14.7. The van der Waals surface area contributed by atoms with Gasteiger partial charge in [-0.3, -0.25) is 19.4 Å². The van der Waals surface area contributed by atoms with E-state index in [1.54, 1.807) is 60.9 Å². The fourth-order valence-corrected chi connectivity index (χ4v) is 15.2. The molecule has 10 rings (SSSR count). The Labute approximate surface area is 469 Å². The molecule has 3 aromatic carbocycles. The smallest absolute Gasteiger partial charge is 0.454 e. The van der Waals surface area contributed by atoms with Crippen molar-refractivity contribution < 1.29 is 67.0 Å². The van der Waals surface area contributed by atoms with Crippen molar-refractivity contribution in [1.82, 2.24) is 10.3 Å². The lowest BCUT2D eigenvalue weighted by Crippen LogP contribution is -2.58. The number of aromatic amines is 1. The summed E-state index contributed by atoms with van der Waals surface area (Å²) in [6.45, 7) is 6.30. The molecule has 6 aliphatic rings. The molecule has 2 heterocycles. The van der Waals surface area contributed by atoms with E-state index in [0.717, 1.165) is 109 Å². The number of aromatic nitrogens is 2. The molecular weight excluding hydrogens is 1040 g/mol. The van der Waals surface area contributed by atoms with Gasteiger partial charge in [-0.05, 0) is 148 Å². The second-order valence-electron chi connectivity index (χ2n) is 23.8. The number of fused-ring (bicyclic) bond motifs is 7. The van der Waals surface area contributed by atoms with Crippen molar-refractivity contribution in [3.8, 4) is 11.4 Å². The van der Waals surface area contributed by atoms with Crippen LogP contribution < -0.4 is 14.4 Å². The molecule has 11 atom stereocenters. The number of aliphatic hydroxyl groups excluding tert-OH is 2. The number of hydrogen-bond donors (Lipinski definition) is 6. The molecule has 1 aromatic heterocycles. The van der Waals surface area contributed by atoms with Crippen LogP contribution in [0.25, 0.3) is 5.69 Å². The van der Waals surface area contributed by atoms with Gasteiger partial charge in [-0.2, -0.15) is 4.57 Å². The number of H-pyrrole nitrogens is 1. The van der Waals surface area contributed by atoms with Crippen molar-refractivity contribution in [2.75, 3.05) is 32.9 Å². The van der Waals surface area contributed by atoms with E-state index in [1.165, 1.54) is 18.1 Å².